The quantitative estimate of drug-likeness (QED) is 0.851. The molecule has 5 heteroatoms. The van der Waals surface area contributed by atoms with Crippen LogP contribution in [0.4, 0.5) is 4.39 Å². The Morgan fingerprint density at radius 1 is 1.20 bits per heavy atom. The molecule has 0 unspecified atom stereocenters. The number of carbonyl (C=O) groups is 1. The van der Waals surface area contributed by atoms with Gasteiger partial charge in [-0.3, -0.25) is 0 Å². The Hall–Kier alpha value is -2.33. The lowest BCUT2D eigenvalue weighted by Gasteiger charge is -2.09. The highest BCUT2D eigenvalue weighted by Crippen LogP contribution is 2.29. The van der Waals surface area contributed by atoms with Crippen molar-refractivity contribution in [2.24, 2.45) is 0 Å². The van der Waals surface area contributed by atoms with Crippen molar-refractivity contribution in [2.75, 3.05) is 0 Å². The summed E-state index contributed by atoms with van der Waals surface area (Å²) in [5.41, 5.74) is 0.0739. The van der Waals surface area contributed by atoms with Crippen LogP contribution in [0.3, 0.4) is 0 Å². The van der Waals surface area contributed by atoms with Gasteiger partial charge in [-0.1, -0.05) is 17.7 Å². The highest BCUT2D eigenvalue weighted by molar-refractivity contribution is 6.30. The van der Waals surface area contributed by atoms with Gasteiger partial charge in [0, 0.05) is 11.1 Å². The molecular formula is C15H10ClFO3. The Labute approximate surface area is 119 Å². The van der Waals surface area contributed by atoms with Crippen LogP contribution in [0.15, 0.2) is 48.5 Å². The van der Waals surface area contributed by atoms with Crippen LogP contribution in [-0.2, 0) is 4.79 Å². The fraction of sp³-hybridized carbons (Fsp3) is 0. The summed E-state index contributed by atoms with van der Waals surface area (Å²) >= 11 is 5.76. The molecule has 0 atom stereocenters. The van der Waals surface area contributed by atoms with Gasteiger partial charge >= 0.3 is 5.97 Å². The van der Waals surface area contributed by atoms with Gasteiger partial charge in [-0.15, -0.1) is 0 Å². The summed E-state index contributed by atoms with van der Waals surface area (Å²) < 4.78 is 19.3. The van der Waals surface area contributed by atoms with Gasteiger partial charge in [-0.25, -0.2) is 9.18 Å². The van der Waals surface area contributed by atoms with Crippen LogP contribution in [0, 0.1) is 5.82 Å². The Kier molecular flexibility index (Phi) is 4.38. The van der Waals surface area contributed by atoms with E-state index in [1.807, 2.05) is 0 Å². The normalized spacial score (nSPS) is 10.7. The van der Waals surface area contributed by atoms with Crippen LogP contribution in [0.25, 0.3) is 6.08 Å². The van der Waals surface area contributed by atoms with Crippen LogP contribution in [0.1, 0.15) is 5.56 Å². The summed E-state index contributed by atoms with van der Waals surface area (Å²) in [6, 6.07) is 10.8. The van der Waals surface area contributed by atoms with Crippen molar-refractivity contribution in [1.29, 1.82) is 0 Å². The molecule has 0 amide bonds. The van der Waals surface area contributed by atoms with E-state index in [4.69, 9.17) is 21.4 Å². The third-order valence-electron chi connectivity index (χ3n) is 2.45. The fourth-order valence-electron chi connectivity index (χ4n) is 1.55. The lowest BCUT2D eigenvalue weighted by molar-refractivity contribution is -0.131. The molecule has 0 saturated carbocycles. The average molecular weight is 293 g/mol. The Morgan fingerprint density at radius 2 is 1.90 bits per heavy atom. The zero-order valence-electron chi connectivity index (χ0n) is 10.2. The van der Waals surface area contributed by atoms with Gasteiger partial charge in [0.15, 0.2) is 0 Å². The SMILES string of the molecule is O=C(O)/C=C/c1c(F)cccc1Oc1ccc(Cl)cc1. The minimum atomic E-state index is -1.16. The summed E-state index contributed by atoms with van der Waals surface area (Å²) in [5, 5.41) is 9.17. The van der Waals surface area contributed by atoms with Gasteiger partial charge in [-0.05, 0) is 42.5 Å². The Balaban J connectivity index is 2.33. The molecule has 0 aliphatic rings. The molecule has 0 bridgehead atoms. The summed E-state index contributed by atoms with van der Waals surface area (Å²) in [4.78, 5) is 10.5. The number of hydrogen-bond acceptors (Lipinski definition) is 2. The predicted molar refractivity (Wildman–Crippen MR) is 74.6 cm³/mol. The summed E-state index contributed by atoms with van der Waals surface area (Å²) in [7, 11) is 0. The second-order valence-corrected chi connectivity index (χ2v) is 4.32. The van der Waals surface area contributed by atoms with Crippen molar-refractivity contribution in [3.8, 4) is 11.5 Å². The van der Waals surface area contributed by atoms with Crippen LogP contribution in [-0.4, -0.2) is 11.1 Å². The van der Waals surface area contributed by atoms with Gasteiger partial charge < -0.3 is 9.84 Å². The number of benzene rings is 2. The molecule has 3 nitrogen and oxygen atoms in total. The minimum absolute atomic E-state index is 0.0739. The number of ether oxygens (including phenoxy) is 1. The molecule has 0 spiro atoms. The van der Waals surface area contributed by atoms with Gasteiger partial charge in [-0.2, -0.15) is 0 Å². The van der Waals surface area contributed by atoms with E-state index in [1.54, 1.807) is 30.3 Å². The molecule has 1 N–H and O–H groups in total. The molecule has 20 heavy (non-hydrogen) atoms. The van der Waals surface area contributed by atoms with Crippen LogP contribution < -0.4 is 4.74 Å². The topological polar surface area (TPSA) is 46.5 Å². The number of rotatable bonds is 4. The molecule has 2 aromatic carbocycles. The van der Waals surface area contributed by atoms with Crippen molar-refractivity contribution in [2.45, 2.75) is 0 Å². The van der Waals surface area contributed by atoms with Crippen molar-refractivity contribution in [1.82, 2.24) is 0 Å². The zero-order valence-corrected chi connectivity index (χ0v) is 11.0. The van der Waals surface area contributed by atoms with E-state index >= 15 is 0 Å². The van der Waals surface area contributed by atoms with Crippen molar-refractivity contribution in [3.05, 3.63) is 64.9 Å². The van der Waals surface area contributed by atoms with E-state index in [9.17, 15) is 9.18 Å². The fourth-order valence-corrected chi connectivity index (χ4v) is 1.68. The molecule has 0 fully saturated rings. The number of aliphatic carboxylic acids is 1. The second-order valence-electron chi connectivity index (χ2n) is 3.88. The first-order valence-corrected chi connectivity index (χ1v) is 6.07. The molecule has 102 valence electrons. The average Bonchev–Trinajstić information content (AvgIpc) is 2.40. The second kappa shape index (κ2) is 6.21. The zero-order chi connectivity index (χ0) is 14.5. The first-order chi connectivity index (χ1) is 9.56. The summed E-state index contributed by atoms with van der Waals surface area (Å²) in [6.07, 6.45) is 2.01. The summed E-state index contributed by atoms with van der Waals surface area (Å²) in [5.74, 6) is -1.02. The third-order valence-corrected chi connectivity index (χ3v) is 2.70. The number of hydrogen-bond donors (Lipinski definition) is 1. The standard InChI is InChI=1S/C15H10ClFO3/c16-10-4-6-11(7-5-10)20-14-3-1-2-13(17)12(14)8-9-15(18)19/h1-9H,(H,18,19)/b9-8+. The maximum absolute atomic E-state index is 13.7. The summed E-state index contributed by atoms with van der Waals surface area (Å²) in [6.45, 7) is 0. The molecule has 0 heterocycles. The van der Waals surface area contributed by atoms with E-state index in [-0.39, 0.29) is 11.3 Å². The van der Waals surface area contributed by atoms with Gasteiger partial charge in [0.1, 0.15) is 17.3 Å². The smallest absolute Gasteiger partial charge is 0.328 e. The van der Waals surface area contributed by atoms with Gasteiger partial charge in [0.25, 0.3) is 0 Å². The first kappa shape index (κ1) is 14.1. The number of halogens is 2. The molecule has 0 aliphatic heterocycles. The van der Waals surface area contributed by atoms with E-state index in [2.05, 4.69) is 0 Å². The molecule has 0 saturated heterocycles. The largest absolute Gasteiger partial charge is 0.478 e. The third kappa shape index (κ3) is 3.59. The molecular weight excluding hydrogens is 283 g/mol. The molecule has 2 aromatic rings. The van der Waals surface area contributed by atoms with Crippen LogP contribution in [0.5, 0.6) is 11.5 Å². The Morgan fingerprint density at radius 3 is 2.55 bits per heavy atom. The van der Waals surface area contributed by atoms with E-state index < -0.39 is 11.8 Å². The lowest BCUT2D eigenvalue weighted by atomic mass is 10.1. The lowest BCUT2D eigenvalue weighted by Crippen LogP contribution is -1.92. The maximum Gasteiger partial charge on any atom is 0.328 e. The monoisotopic (exact) mass is 292 g/mol. The minimum Gasteiger partial charge on any atom is -0.478 e. The maximum atomic E-state index is 13.7. The van der Waals surface area contributed by atoms with Crippen LogP contribution in [0.2, 0.25) is 5.02 Å². The van der Waals surface area contributed by atoms with E-state index in [0.717, 1.165) is 12.2 Å². The van der Waals surface area contributed by atoms with Crippen molar-refractivity contribution in [3.63, 3.8) is 0 Å². The Bertz CT molecular complexity index is 651. The highest BCUT2D eigenvalue weighted by Gasteiger charge is 2.08. The number of carboxylic acids is 1. The highest BCUT2D eigenvalue weighted by atomic mass is 35.5. The first-order valence-electron chi connectivity index (χ1n) is 5.69. The molecule has 0 aromatic heterocycles. The van der Waals surface area contributed by atoms with E-state index in [0.29, 0.717) is 10.8 Å². The van der Waals surface area contributed by atoms with Gasteiger partial charge in [0.05, 0.1) is 5.56 Å². The molecule has 0 aliphatic carbocycles. The molecule has 0 radical (unpaired) electrons. The van der Waals surface area contributed by atoms with Gasteiger partial charge in [0.2, 0.25) is 0 Å². The molecule has 2 rings (SSSR count). The number of carboxylic acid groups (broad SMARTS) is 1. The van der Waals surface area contributed by atoms with Crippen LogP contribution >= 0.6 is 11.6 Å². The van der Waals surface area contributed by atoms with Crippen molar-refractivity contribution >= 4 is 23.6 Å². The van der Waals surface area contributed by atoms with E-state index in [1.165, 1.54) is 12.1 Å². The van der Waals surface area contributed by atoms with Crippen molar-refractivity contribution < 1.29 is 19.0 Å². The predicted octanol–water partition coefficient (Wildman–Crippen LogP) is 4.37.